The molecule has 3 saturated carbocycles. The molecule has 1 N–H and O–H groups in total. The summed E-state index contributed by atoms with van der Waals surface area (Å²) in [5.74, 6) is 0.539. The molecule has 0 heterocycles. The Morgan fingerprint density at radius 3 is 2.70 bits per heavy atom. The molecular formula is C24H36O6. The molecule has 0 aromatic rings. The van der Waals surface area contributed by atoms with Gasteiger partial charge in [0.05, 0.1) is 13.2 Å². The minimum atomic E-state index is -1.09. The minimum Gasteiger partial charge on any atom is -0.467 e. The molecule has 4 aliphatic rings. The fourth-order valence-electron chi connectivity index (χ4n) is 7.70. The predicted octanol–water partition coefficient (Wildman–Crippen LogP) is 3.41. The van der Waals surface area contributed by atoms with Crippen LogP contribution in [0.5, 0.6) is 0 Å². The van der Waals surface area contributed by atoms with E-state index in [2.05, 4.69) is 13.8 Å². The summed E-state index contributed by atoms with van der Waals surface area (Å²) in [4.78, 5) is 25.1. The zero-order valence-electron chi connectivity index (χ0n) is 18.7. The van der Waals surface area contributed by atoms with Gasteiger partial charge in [-0.2, -0.15) is 0 Å². The first-order valence-electron chi connectivity index (χ1n) is 11.5. The summed E-state index contributed by atoms with van der Waals surface area (Å²) in [5.41, 5.74) is -0.528. The third kappa shape index (κ3) is 2.94. The van der Waals surface area contributed by atoms with Gasteiger partial charge >= 0.3 is 5.97 Å². The van der Waals surface area contributed by atoms with Crippen molar-refractivity contribution in [2.75, 3.05) is 20.5 Å². The van der Waals surface area contributed by atoms with E-state index in [1.807, 2.05) is 13.0 Å². The average Bonchev–Trinajstić information content (AvgIpc) is 3.00. The predicted molar refractivity (Wildman–Crippen MR) is 110 cm³/mol. The van der Waals surface area contributed by atoms with Crippen LogP contribution in [-0.2, 0) is 23.8 Å². The Morgan fingerprint density at radius 1 is 1.23 bits per heavy atom. The van der Waals surface area contributed by atoms with E-state index in [9.17, 15) is 14.7 Å². The van der Waals surface area contributed by atoms with E-state index in [-0.39, 0.29) is 35.8 Å². The van der Waals surface area contributed by atoms with Crippen LogP contribution in [0, 0.1) is 28.6 Å². The topological polar surface area (TPSA) is 82.1 Å². The Morgan fingerprint density at radius 2 is 2.00 bits per heavy atom. The van der Waals surface area contributed by atoms with Crippen LogP contribution in [0.15, 0.2) is 11.6 Å². The number of allylic oxidation sites excluding steroid dienone is 1. The van der Waals surface area contributed by atoms with Gasteiger partial charge in [0.15, 0.2) is 11.4 Å². The first kappa shape index (κ1) is 22.0. The largest absolute Gasteiger partial charge is 0.467 e. The number of ether oxygens (including phenoxy) is 3. The molecule has 0 amide bonds. The number of carbonyl (C=O) groups is 2. The molecule has 168 valence electrons. The summed E-state index contributed by atoms with van der Waals surface area (Å²) in [6.07, 6.45) is 6.46. The van der Waals surface area contributed by atoms with Crippen molar-refractivity contribution >= 4 is 11.8 Å². The molecule has 0 bridgehead atoms. The van der Waals surface area contributed by atoms with E-state index in [0.717, 1.165) is 25.7 Å². The van der Waals surface area contributed by atoms with Gasteiger partial charge in [-0.1, -0.05) is 19.4 Å². The number of hydrogen-bond donors (Lipinski definition) is 1. The lowest BCUT2D eigenvalue weighted by Gasteiger charge is -2.60. The number of esters is 1. The number of hydrogen-bond acceptors (Lipinski definition) is 6. The second kappa shape index (κ2) is 7.72. The van der Waals surface area contributed by atoms with Crippen molar-refractivity contribution in [3.05, 3.63) is 11.6 Å². The Labute approximate surface area is 179 Å². The molecule has 30 heavy (non-hydrogen) atoms. The molecule has 0 saturated heterocycles. The quantitative estimate of drug-likeness (QED) is 0.417. The highest BCUT2D eigenvalue weighted by Gasteiger charge is 2.70. The van der Waals surface area contributed by atoms with Gasteiger partial charge in [0.2, 0.25) is 0 Å². The Kier molecular flexibility index (Phi) is 5.65. The lowest BCUT2D eigenvalue weighted by molar-refractivity contribution is -0.231. The van der Waals surface area contributed by atoms with Gasteiger partial charge in [-0.3, -0.25) is 4.79 Å². The van der Waals surface area contributed by atoms with E-state index >= 15 is 0 Å². The number of aliphatic hydroxyl groups is 1. The molecule has 3 fully saturated rings. The van der Waals surface area contributed by atoms with Gasteiger partial charge in [0.25, 0.3) is 0 Å². The standard InChI is InChI=1S/C24H36O6/c1-5-29-14-30-24(21(27)28-4)11-9-18-17-7-6-15-12-16(25)8-10-22(15,2)20(17)19(26)13-23(18,24)3/h12,17-20,26H,5-11,13-14H2,1-4H3/t17-,18-,19-,20+,22-,23-,24-/m0/s1. The molecule has 0 spiro atoms. The smallest absolute Gasteiger partial charge is 0.338 e. The number of aliphatic hydroxyl groups excluding tert-OH is 1. The fraction of sp³-hybridized carbons (Fsp3) is 0.833. The van der Waals surface area contributed by atoms with Crippen LogP contribution in [0.3, 0.4) is 0 Å². The van der Waals surface area contributed by atoms with Crippen LogP contribution in [0.4, 0.5) is 0 Å². The number of carbonyl (C=O) groups excluding carboxylic acids is 2. The van der Waals surface area contributed by atoms with Gasteiger partial charge in [-0.05, 0) is 74.7 Å². The molecule has 6 nitrogen and oxygen atoms in total. The Hall–Kier alpha value is -1.24. The monoisotopic (exact) mass is 420 g/mol. The molecule has 6 heteroatoms. The summed E-state index contributed by atoms with van der Waals surface area (Å²) >= 11 is 0. The van der Waals surface area contributed by atoms with Gasteiger partial charge in [-0.25, -0.2) is 4.79 Å². The maximum absolute atomic E-state index is 13.1. The van der Waals surface area contributed by atoms with Crippen molar-refractivity contribution in [3.63, 3.8) is 0 Å². The molecular weight excluding hydrogens is 384 g/mol. The fourth-order valence-corrected chi connectivity index (χ4v) is 7.70. The van der Waals surface area contributed by atoms with Crippen molar-refractivity contribution in [2.45, 2.75) is 77.4 Å². The number of rotatable bonds is 5. The summed E-state index contributed by atoms with van der Waals surface area (Å²) in [7, 11) is 1.41. The number of ketones is 1. The van der Waals surface area contributed by atoms with Crippen LogP contribution >= 0.6 is 0 Å². The highest BCUT2D eigenvalue weighted by Crippen LogP contribution is 2.68. The third-order valence-corrected chi connectivity index (χ3v) is 9.12. The van der Waals surface area contributed by atoms with Crippen LogP contribution < -0.4 is 0 Å². The van der Waals surface area contributed by atoms with Crippen molar-refractivity contribution < 1.29 is 28.9 Å². The van der Waals surface area contributed by atoms with Crippen LogP contribution in [0.1, 0.15) is 65.7 Å². The minimum absolute atomic E-state index is 0.0464. The van der Waals surface area contributed by atoms with E-state index in [0.29, 0.717) is 31.8 Å². The molecule has 4 rings (SSSR count). The van der Waals surface area contributed by atoms with Crippen LogP contribution in [-0.4, -0.2) is 49.1 Å². The van der Waals surface area contributed by atoms with Gasteiger partial charge in [-0.15, -0.1) is 0 Å². The third-order valence-electron chi connectivity index (χ3n) is 9.12. The van der Waals surface area contributed by atoms with E-state index in [4.69, 9.17) is 14.2 Å². The summed E-state index contributed by atoms with van der Waals surface area (Å²) in [5, 5.41) is 11.5. The summed E-state index contributed by atoms with van der Waals surface area (Å²) in [6, 6.07) is 0. The molecule has 0 aromatic carbocycles. The molecule has 0 aliphatic heterocycles. The molecule has 7 atom stereocenters. The van der Waals surface area contributed by atoms with E-state index in [1.165, 1.54) is 12.7 Å². The lowest BCUT2D eigenvalue weighted by Crippen LogP contribution is -2.62. The van der Waals surface area contributed by atoms with Crippen molar-refractivity contribution in [1.82, 2.24) is 0 Å². The summed E-state index contributed by atoms with van der Waals surface area (Å²) in [6.45, 7) is 6.79. The highest BCUT2D eigenvalue weighted by molar-refractivity contribution is 5.91. The first-order chi connectivity index (χ1) is 14.2. The number of fused-ring (bicyclic) bond motifs is 5. The van der Waals surface area contributed by atoms with Gasteiger partial charge in [0.1, 0.15) is 6.79 Å². The van der Waals surface area contributed by atoms with Crippen LogP contribution in [0.25, 0.3) is 0 Å². The molecule has 0 aromatic heterocycles. The summed E-state index contributed by atoms with van der Waals surface area (Å²) < 4.78 is 16.8. The van der Waals surface area contributed by atoms with E-state index in [1.54, 1.807) is 0 Å². The number of methoxy groups -OCH3 is 1. The Bertz CT molecular complexity index is 746. The second-order valence-corrected chi connectivity index (χ2v) is 10.2. The normalized spacial score (nSPS) is 45.2. The molecule has 0 unspecified atom stereocenters. The SMILES string of the molecule is CCOCO[C@]1(C(=O)OC)CC[C@H]2[C@@H]3CCC4=CC(=O)CC[C@]4(C)[C@H]3[C@@H](O)C[C@@]21C. The average molecular weight is 421 g/mol. The van der Waals surface area contributed by atoms with Crippen molar-refractivity contribution in [1.29, 1.82) is 0 Å². The first-order valence-corrected chi connectivity index (χ1v) is 11.5. The maximum Gasteiger partial charge on any atom is 0.338 e. The highest BCUT2D eigenvalue weighted by atomic mass is 16.7. The maximum atomic E-state index is 13.1. The lowest BCUT2D eigenvalue weighted by atomic mass is 9.45. The van der Waals surface area contributed by atoms with Gasteiger partial charge < -0.3 is 19.3 Å². The zero-order chi connectivity index (χ0) is 21.7. The Balaban J connectivity index is 1.70. The van der Waals surface area contributed by atoms with Crippen molar-refractivity contribution in [2.24, 2.45) is 28.6 Å². The second-order valence-electron chi connectivity index (χ2n) is 10.2. The molecule has 4 aliphatic carbocycles. The van der Waals surface area contributed by atoms with Crippen molar-refractivity contribution in [3.8, 4) is 0 Å². The van der Waals surface area contributed by atoms with Crippen LogP contribution in [0.2, 0.25) is 0 Å². The van der Waals surface area contributed by atoms with E-state index < -0.39 is 17.1 Å². The van der Waals surface area contributed by atoms with Gasteiger partial charge in [0, 0.05) is 18.4 Å². The zero-order valence-corrected chi connectivity index (χ0v) is 18.7. The molecule has 0 radical (unpaired) electrons.